The van der Waals surface area contributed by atoms with Gasteiger partial charge in [0.05, 0.1) is 6.54 Å². The van der Waals surface area contributed by atoms with E-state index in [0.717, 1.165) is 11.1 Å². The van der Waals surface area contributed by atoms with E-state index in [2.05, 4.69) is 5.32 Å². The minimum Gasteiger partial charge on any atom is -0.340 e. The van der Waals surface area contributed by atoms with Gasteiger partial charge < -0.3 is 10.2 Å². The first kappa shape index (κ1) is 14.5. The Bertz CT molecular complexity index is 559. The highest BCUT2D eigenvalue weighted by Crippen LogP contribution is 2.21. The van der Waals surface area contributed by atoms with Crippen LogP contribution >= 0.6 is 0 Å². The lowest BCUT2D eigenvalue weighted by Crippen LogP contribution is -2.64. The summed E-state index contributed by atoms with van der Waals surface area (Å²) in [5.74, 6) is -0.551. The van der Waals surface area contributed by atoms with Gasteiger partial charge in [-0.3, -0.25) is 9.59 Å². The third-order valence-electron chi connectivity index (χ3n) is 3.88. The summed E-state index contributed by atoms with van der Waals surface area (Å²) in [6.45, 7) is 5.77. The zero-order valence-electron chi connectivity index (χ0n) is 12.0. The molecule has 0 aromatic heterocycles. The lowest BCUT2D eigenvalue weighted by molar-refractivity contribution is -0.149. The number of carbonyl (C=O) groups is 2. The average Bonchev–Trinajstić information content (AvgIpc) is 2.38. The molecule has 0 aliphatic carbocycles. The van der Waals surface area contributed by atoms with Gasteiger partial charge in [-0.2, -0.15) is 0 Å². The van der Waals surface area contributed by atoms with E-state index >= 15 is 0 Å². The third-order valence-corrected chi connectivity index (χ3v) is 3.88. The van der Waals surface area contributed by atoms with Crippen molar-refractivity contribution in [1.82, 2.24) is 10.2 Å². The molecular formula is C15H19FN2O2. The summed E-state index contributed by atoms with van der Waals surface area (Å²) in [5, 5.41) is 2.74. The summed E-state index contributed by atoms with van der Waals surface area (Å²) in [6.07, 6.45) is 0.538. The molecule has 0 saturated carbocycles. The Morgan fingerprint density at radius 3 is 2.70 bits per heavy atom. The fourth-order valence-electron chi connectivity index (χ4n) is 2.40. The quantitative estimate of drug-likeness (QED) is 0.916. The molecule has 4 nitrogen and oxygen atoms in total. The van der Waals surface area contributed by atoms with Crippen molar-refractivity contribution in [3.8, 4) is 0 Å². The van der Waals surface area contributed by atoms with E-state index in [1.165, 1.54) is 17.0 Å². The van der Waals surface area contributed by atoms with Gasteiger partial charge in [-0.1, -0.05) is 13.0 Å². The van der Waals surface area contributed by atoms with E-state index in [4.69, 9.17) is 0 Å². The molecule has 0 spiro atoms. The highest BCUT2D eigenvalue weighted by atomic mass is 19.1. The Kier molecular flexibility index (Phi) is 3.79. The molecule has 1 aliphatic heterocycles. The SMILES string of the molecule is CCC1(C)NC(=O)CN(Cc2ccc(F)cc2C)C1=O. The molecular weight excluding hydrogens is 259 g/mol. The van der Waals surface area contributed by atoms with Gasteiger partial charge in [-0.05, 0) is 43.5 Å². The third kappa shape index (κ3) is 2.66. The van der Waals surface area contributed by atoms with Crippen molar-refractivity contribution in [2.75, 3.05) is 6.54 Å². The minimum atomic E-state index is -0.844. The molecule has 1 aliphatic rings. The average molecular weight is 278 g/mol. The number of nitrogens with zero attached hydrogens (tertiary/aromatic N) is 1. The predicted molar refractivity (Wildman–Crippen MR) is 73.4 cm³/mol. The van der Waals surface area contributed by atoms with Crippen LogP contribution in [0.5, 0.6) is 0 Å². The highest BCUT2D eigenvalue weighted by molar-refractivity contribution is 5.97. The van der Waals surface area contributed by atoms with E-state index in [1.54, 1.807) is 19.9 Å². The maximum absolute atomic E-state index is 13.1. The number of hydrogen-bond acceptors (Lipinski definition) is 2. The molecule has 0 radical (unpaired) electrons. The normalized spacial score (nSPS) is 22.9. The van der Waals surface area contributed by atoms with Crippen LogP contribution < -0.4 is 5.32 Å². The van der Waals surface area contributed by atoms with Crippen LogP contribution in [0.1, 0.15) is 31.4 Å². The zero-order chi connectivity index (χ0) is 14.9. The summed E-state index contributed by atoms with van der Waals surface area (Å²) < 4.78 is 13.1. The fourth-order valence-corrected chi connectivity index (χ4v) is 2.40. The summed E-state index contributed by atoms with van der Waals surface area (Å²) in [4.78, 5) is 25.7. The number of halogens is 1. The van der Waals surface area contributed by atoms with Crippen LogP contribution in [-0.4, -0.2) is 28.8 Å². The fraction of sp³-hybridized carbons (Fsp3) is 0.467. The van der Waals surface area contributed by atoms with Crippen molar-refractivity contribution in [3.05, 3.63) is 35.1 Å². The number of aryl methyl sites for hydroxylation is 1. The molecule has 1 aromatic carbocycles. The highest BCUT2D eigenvalue weighted by Gasteiger charge is 2.41. The maximum Gasteiger partial charge on any atom is 0.248 e. The zero-order valence-corrected chi connectivity index (χ0v) is 12.0. The molecule has 2 rings (SSSR count). The number of piperazine rings is 1. The number of amides is 2. The van der Waals surface area contributed by atoms with Crippen molar-refractivity contribution >= 4 is 11.8 Å². The number of benzene rings is 1. The molecule has 5 heteroatoms. The molecule has 1 saturated heterocycles. The van der Waals surface area contributed by atoms with Crippen molar-refractivity contribution < 1.29 is 14.0 Å². The van der Waals surface area contributed by atoms with Crippen LogP contribution in [-0.2, 0) is 16.1 Å². The smallest absolute Gasteiger partial charge is 0.248 e. The molecule has 1 fully saturated rings. The van der Waals surface area contributed by atoms with Crippen LogP contribution in [0.15, 0.2) is 18.2 Å². The molecule has 1 N–H and O–H groups in total. The Morgan fingerprint density at radius 1 is 1.40 bits per heavy atom. The van der Waals surface area contributed by atoms with Gasteiger partial charge in [-0.25, -0.2) is 4.39 Å². The first-order valence-electron chi connectivity index (χ1n) is 6.71. The molecule has 1 unspecified atom stereocenters. The molecule has 108 valence electrons. The van der Waals surface area contributed by atoms with Gasteiger partial charge in [0.25, 0.3) is 0 Å². The molecule has 2 amide bonds. The second kappa shape index (κ2) is 5.23. The largest absolute Gasteiger partial charge is 0.340 e. The minimum absolute atomic E-state index is 0.0469. The van der Waals surface area contributed by atoms with Crippen LogP contribution in [0.2, 0.25) is 0 Å². The Labute approximate surface area is 118 Å². The van der Waals surface area contributed by atoms with Gasteiger partial charge in [0, 0.05) is 6.54 Å². The lowest BCUT2D eigenvalue weighted by atomic mass is 9.94. The van der Waals surface area contributed by atoms with Gasteiger partial charge in [0.2, 0.25) is 11.8 Å². The van der Waals surface area contributed by atoms with Crippen molar-refractivity contribution in [3.63, 3.8) is 0 Å². The monoisotopic (exact) mass is 278 g/mol. The topological polar surface area (TPSA) is 49.4 Å². The summed E-state index contributed by atoms with van der Waals surface area (Å²) in [7, 11) is 0. The summed E-state index contributed by atoms with van der Waals surface area (Å²) in [6, 6.07) is 4.46. The molecule has 1 aromatic rings. The van der Waals surface area contributed by atoms with Crippen LogP contribution in [0.4, 0.5) is 4.39 Å². The molecule has 20 heavy (non-hydrogen) atoms. The standard InChI is InChI=1S/C15H19FN2O2/c1-4-15(3)14(20)18(9-13(19)17-15)8-11-5-6-12(16)7-10(11)2/h5-7H,4,8-9H2,1-3H3,(H,17,19). The second-order valence-electron chi connectivity index (χ2n) is 5.47. The van der Waals surface area contributed by atoms with E-state index < -0.39 is 5.54 Å². The number of rotatable bonds is 3. The molecule has 1 heterocycles. The second-order valence-corrected chi connectivity index (χ2v) is 5.47. The Hall–Kier alpha value is -1.91. The summed E-state index contributed by atoms with van der Waals surface area (Å²) in [5.41, 5.74) is 0.790. The van der Waals surface area contributed by atoms with E-state index in [-0.39, 0.29) is 24.2 Å². The van der Waals surface area contributed by atoms with Gasteiger partial charge >= 0.3 is 0 Å². The maximum atomic E-state index is 13.1. The number of nitrogens with one attached hydrogen (secondary N) is 1. The van der Waals surface area contributed by atoms with Crippen molar-refractivity contribution in [2.24, 2.45) is 0 Å². The Balaban J connectivity index is 2.23. The van der Waals surface area contributed by atoms with Gasteiger partial charge in [0.15, 0.2) is 0 Å². The number of hydrogen-bond donors (Lipinski definition) is 1. The first-order valence-corrected chi connectivity index (χ1v) is 6.71. The first-order chi connectivity index (χ1) is 9.35. The van der Waals surface area contributed by atoms with Crippen LogP contribution in [0.3, 0.4) is 0 Å². The van der Waals surface area contributed by atoms with E-state index in [9.17, 15) is 14.0 Å². The van der Waals surface area contributed by atoms with E-state index in [0.29, 0.717) is 13.0 Å². The van der Waals surface area contributed by atoms with Crippen molar-refractivity contribution in [2.45, 2.75) is 39.3 Å². The lowest BCUT2D eigenvalue weighted by Gasteiger charge is -2.39. The summed E-state index contributed by atoms with van der Waals surface area (Å²) >= 11 is 0. The van der Waals surface area contributed by atoms with Crippen molar-refractivity contribution in [1.29, 1.82) is 0 Å². The van der Waals surface area contributed by atoms with Crippen LogP contribution in [0.25, 0.3) is 0 Å². The van der Waals surface area contributed by atoms with Gasteiger partial charge in [0.1, 0.15) is 11.4 Å². The number of carbonyl (C=O) groups excluding carboxylic acids is 2. The molecule has 0 bridgehead atoms. The van der Waals surface area contributed by atoms with Gasteiger partial charge in [-0.15, -0.1) is 0 Å². The van der Waals surface area contributed by atoms with E-state index in [1.807, 2.05) is 6.92 Å². The predicted octanol–water partition coefficient (Wildman–Crippen LogP) is 1.76. The Morgan fingerprint density at radius 2 is 2.10 bits per heavy atom. The molecule has 1 atom stereocenters. The van der Waals surface area contributed by atoms with Crippen LogP contribution in [0, 0.1) is 12.7 Å².